The first-order valence-electron chi connectivity index (χ1n) is 8.54. The molecule has 122 valence electrons. The maximum atomic E-state index is 4.86. The fourth-order valence-corrected chi connectivity index (χ4v) is 3.24. The topological polar surface area (TPSA) is 32.3 Å². The quantitative estimate of drug-likeness (QED) is 0.832. The molecule has 0 N–H and O–H groups in total. The Morgan fingerprint density at radius 3 is 2.83 bits per heavy atom. The molecule has 1 aliphatic heterocycles. The van der Waals surface area contributed by atoms with E-state index in [0.717, 1.165) is 36.8 Å². The normalized spacial score (nSPS) is 16.5. The lowest BCUT2D eigenvalue weighted by molar-refractivity contribution is 0.732. The number of rotatable bonds is 5. The van der Waals surface area contributed by atoms with Crippen LogP contribution in [0.4, 0.5) is 17.5 Å². The molecule has 1 aromatic carbocycles. The van der Waals surface area contributed by atoms with Crippen LogP contribution in [-0.4, -0.2) is 29.6 Å². The highest BCUT2D eigenvalue weighted by molar-refractivity contribution is 5.69. The van der Waals surface area contributed by atoms with Crippen molar-refractivity contribution in [1.29, 1.82) is 0 Å². The maximum absolute atomic E-state index is 4.86. The van der Waals surface area contributed by atoms with E-state index in [9.17, 15) is 0 Å². The molecular formula is C19H26N4. The van der Waals surface area contributed by atoms with Gasteiger partial charge in [0.2, 0.25) is 5.95 Å². The van der Waals surface area contributed by atoms with Crippen molar-refractivity contribution < 1.29 is 0 Å². The highest BCUT2D eigenvalue weighted by atomic mass is 15.3. The second-order valence-corrected chi connectivity index (χ2v) is 6.49. The molecule has 1 aromatic heterocycles. The Morgan fingerprint density at radius 2 is 2.04 bits per heavy atom. The SMILES string of the molecule is CCCCN(C)c1nc(C)cc(N2c3ccccc3CC2C)n1. The van der Waals surface area contributed by atoms with Crippen molar-refractivity contribution in [2.75, 3.05) is 23.4 Å². The van der Waals surface area contributed by atoms with Crippen LogP contribution in [0, 0.1) is 6.92 Å². The molecule has 2 heterocycles. The van der Waals surface area contributed by atoms with Gasteiger partial charge in [-0.1, -0.05) is 31.5 Å². The molecule has 0 saturated carbocycles. The van der Waals surface area contributed by atoms with Gasteiger partial charge in [-0.25, -0.2) is 4.98 Å². The summed E-state index contributed by atoms with van der Waals surface area (Å²) in [5.41, 5.74) is 3.70. The average Bonchev–Trinajstić information content (AvgIpc) is 2.87. The summed E-state index contributed by atoms with van der Waals surface area (Å²) >= 11 is 0. The maximum Gasteiger partial charge on any atom is 0.227 e. The van der Waals surface area contributed by atoms with E-state index in [0.29, 0.717) is 6.04 Å². The molecule has 23 heavy (non-hydrogen) atoms. The van der Waals surface area contributed by atoms with Gasteiger partial charge in [0, 0.05) is 37.1 Å². The molecule has 0 saturated heterocycles. The fourth-order valence-electron chi connectivity index (χ4n) is 3.24. The standard InChI is InChI=1S/C19H26N4/c1-5-6-11-22(4)19-20-14(2)12-18(21-19)23-15(3)13-16-9-7-8-10-17(16)23/h7-10,12,15H,5-6,11,13H2,1-4H3. The number of aromatic nitrogens is 2. The van der Waals surface area contributed by atoms with Crippen molar-refractivity contribution in [3.8, 4) is 0 Å². The summed E-state index contributed by atoms with van der Waals surface area (Å²) in [7, 11) is 2.08. The number of aryl methyl sites for hydroxylation is 1. The number of unbranched alkanes of at least 4 members (excludes halogenated alkanes) is 1. The third-order valence-corrected chi connectivity index (χ3v) is 4.47. The second-order valence-electron chi connectivity index (χ2n) is 6.49. The first kappa shape index (κ1) is 15.8. The second kappa shape index (κ2) is 6.57. The number of hydrogen-bond acceptors (Lipinski definition) is 4. The smallest absolute Gasteiger partial charge is 0.227 e. The molecule has 2 aromatic rings. The first-order valence-corrected chi connectivity index (χ1v) is 8.54. The van der Waals surface area contributed by atoms with E-state index in [1.165, 1.54) is 17.7 Å². The van der Waals surface area contributed by atoms with E-state index in [1.54, 1.807) is 0 Å². The Balaban J connectivity index is 1.95. The molecule has 1 atom stereocenters. The minimum atomic E-state index is 0.426. The van der Waals surface area contributed by atoms with Crippen LogP contribution >= 0.6 is 0 Å². The van der Waals surface area contributed by atoms with E-state index < -0.39 is 0 Å². The number of nitrogens with zero attached hydrogens (tertiary/aromatic N) is 4. The highest BCUT2D eigenvalue weighted by Gasteiger charge is 2.28. The van der Waals surface area contributed by atoms with E-state index in [4.69, 9.17) is 4.98 Å². The number of para-hydroxylation sites is 1. The molecule has 0 radical (unpaired) electrons. The third-order valence-electron chi connectivity index (χ3n) is 4.47. The number of anilines is 3. The molecule has 0 amide bonds. The van der Waals surface area contributed by atoms with Gasteiger partial charge in [0.05, 0.1) is 0 Å². The lowest BCUT2D eigenvalue weighted by Gasteiger charge is -2.26. The van der Waals surface area contributed by atoms with Gasteiger partial charge in [0.25, 0.3) is 0 Å². The average molecular weight is 310 g/mol. The zero-order chi connectivity index (χ0) is 16.4. The summed E-state index contributed by atoms with van der Waals surface area (Å²) in [6.45, 7) is 7.51. The van der Waals surface area contributed by atoms with Crippen molar-refractivity contribution in [2.24, 2.45) is 0 Å². The van der Waals surface area contributed by atoms with Crippen LogP contribution in [0.15, 0.2) is 30.3 Å². The summed E-state index contributed by atoms with van der Waals surface area (Å²) < 4.78 is 0. The summed E-state index contributed by atoms with van der Waals surface area (Å²) in [5.74, 6) is 1.83. The Kier molecular flexibility index (Phi) is 4.51. The van der Waals surface area contributed by atoms with Crippen molar-refractivity contribution in [3.63, 3.8) is 0 Å². The molecule has 0 spiro atoms. The monoisotopic (exact) mass is 310 g/mol. The predicted octanol–water partition coefficient (Wildman–Crippen LogP) is 4.10. The van der Waals surface area contributed by atoms with Gasteiger partial charge in [-0.15, -0.1) is 0 Å². The van der Waals surface area contributed by atoms with Crippen LogP contribution in [0.1, 0.15) is 37.9 Å². The van der Waals surface area contributed by atoms with Gasteiger partial charge in [-0.2, -0.15) is 4.98 Å². The molecule has 4 heteroatoms. The van der Waals surface area contributed by atoms with Crippen LogP contribution < -0.4 is 9.80 Å². The number of fused-ring (bicyclic) bond motifs is 1. The summed E-state index contributed by atoms with van der Waals surface area (Å²) in [6.07, 6.45) is 3.41. The van der Waals surface area contributed by atoms with E-state index >= 15 is 0 Å². The predicted molar refractivity (Wildman–Crippen MR) is 96.7 cm³/mol. The van der Waals surface area contributed by atoms with Crippen LogP contribution in [0.5, 0.6) is 0 Å². The third kappa shape index (κ3) is 3.16. The minimum absolute atomic E-state index is 0.426. The van der Waals surface area contributed by atoms with Gasteiger partial charge in [0.1, 0.15) is 5.82 Å². The van der Waals surface area contributed by atoms with Crippen LogP contribution in [0.25, 0.3) is 0 Å². The molecule has 4 nitrogen and oxygen atoms in total. The van der Waals surface area contributed by atoms with E-state index in [1.807, 2.05) is 0 Å². The zero-order valence-corrected chi connectivity index (χ0v) is 14.6. The van der Waals surface area contributed by atoms with Crippen molar-refractivity contribution in [3.05, 3.63) is 41.6 Å². The summed E-state index contributed by atoms with van der Waals surface area (Å²) in [6, 6.07) is 11.1. The van der Waals surface area contributed by atoms with Gasteiger partial charge in [-0.05, 0) is 38.3 Å². The van der Waals surface area contributed by atoms with Gasteiger partial charge in [0.15, 0.2) is 0 Å². The van der Waals surface area contributed by atoms with Gasteiger partial charge >= 0.3 is 0 Å². The Labute approximate surface area is 139 Å². The molecule has 0 aliphatic carbocycles. The van der Waals surface area contributed by atoms with Crippen LogP contribution in [-0.2, 0) is 6.42 Å². The molecule has 1 aliphatic rings. The van der Waals surface area contributed by atoms with Crippen LogP contribution in [0.3, 0.4) is 0 Å². The zero-order valence-electron chi connectivity index (χ0n) is 14.6. The van der Waals surface area contributed by atoms with Gasteiger partial charge in [-0.3, -0.25) is 0 Å². The minimum Gasteiger partial charge on any atom is -0.344 e. The lowest BCUT2D eigenvalue weighted by atomic mass is 10.1. The summed E-state index contributed by atoms with van der Waals surface area (Å²) in [4.78, 5) is 14.0. The Bertz CT molecular complexity index is 683. The van der Waals surface area contributed by atoms with Crippen LogP contribution in [0.2, 0.25) is 0 Å². The van der Waals surface area contributed by atoms with Crippen molar-refractivity contribution >= 4 is 17.5 Å². The highest BCUT2D eigenvalue weighted by Crippen LogP contribution is 2.37. The van der Waals surface area contributed by atoms with Crippen molar-refractivity contribution in [2.45, 2.75) is 46.1 Å². The Morgan fingerprint density at radius 1 is 1.26 bits per heavy atom. The van der Waals surface area contributed by atoms with Gasteiger partial charge < -0.3 is 9.80 Å². The summed E-state index contributed by atoms with van der Waals surface area (Å²) in [5, 5.41) is 0. The number of benzene rings is 1. The number of hydrogen-bond donors (Lipinski definition) is 0. The molecule has 0 bridgehead atoms. The van der Waals surface area contributed by atoms with Crippen molar-refractivity contribution in [1.82, 2.24) is 9.97 Å². The Hall–Kier alpha value is -2.10. The lowest BCUT2D eigenvalue weighted by Crippen LogP contribution is -2.27. The molecular weight excluding hydrogens is 284 g/mol. The largest absolute Gasteiger partial charge is 0.344 e. The molecule has 3 rings (SSSR count). The fraction of sp³-hybridized carbons (Fsp3) is 0.474. The molecule has 0 fully saturated rings. The first-order chi connectivity index (χ1) is 11.1. The molecule has 1 unspecified atom stereocenters. The van der Waals surface area contributed by atoms with E-state index in [2.05, 4.69) is 72.9 Å². The van der Waals surface area contributed by atoms with E-state index in [-0.39, 0.29) is 0 Å².